The number of fused-ring (bicyclic) bond motifs is 3. The molecule has 0 bridgehead atoms. The van der Waals surface area contributed by atoms with E-state index in [0.29, 0.717) is 17.5 Å². The number of hydrogen-bond donors (Lipinski definition) is 0. The Hall–Kier alpha value is -6.23. The van der Waals surface area contributed by atoms with Gasteiger partial charge in [0.25, 0.3) is 0 Å². The zero-order chi connectivity index (χ0) is 33.9. The zero-order valence-electron chi connectivity index (χ0n) is 27.6. The molecule has 50 heavy (non-hydrogen) atoms. The third kappa shape index (κ3) is 6.09. The van der Waals surface area contributed by atoms with Crippen molar-refractivity contribution < 1.29 is 0 Å². The molecule has 0 spiro atoms. The SMILES string of the molecule is C=C/C(=C\C=C(/C)c1ccccc1)c1cccc2c1sc1c(-c3cccc(-c4nc(-c5ccccc5)nc(-c5ccccc5)n4)c3)cccc12. The van der Waals surface area contributed by atoms with E-state index >= 15 is 0 Å². The van der Waals surface area contributed by atoms with Crippen LogP contribution in [0.2, 0.25) is 0 Å². The summed E-state index contributed by atoms with van der Waals surface area (Å²) in [5.41, 5.74) is 9.84. The highest BCUT2D eigenvalue weighted by Gasteiger charge is 2.16. The summed E-state index contributed by atoms with van der Waals surface area (Å²) in [6.07, 6.45) is 6.32. The monoisotopic (exact) mass is 659 g/mol. The molecule has 0 aliphatic carbocycles. The highest BCUT2D eigenvalue weighted by molar-refractivity contribution is 7.26. The molecular formula is C46H33N3S. The largest absolute Gasteiger partial charge is 0.208 e. The van der Waals surface area contributed by atoms with E-state index in [9.17, 15) is 0 Å². The van der Waals surface area contributed by atoms with Crippen LogP contribution in [0.15, 0.2) is 176 Å². The fraction of sp³-hybridized carbons (Fsp3) is 0.0217. The van der Waals surface area contributed by atoms with Gasteiger partial charge < -0.3 is 0 Å². The number of aromatic nitrogens is 3. The Kier molecular flexibility index (Phi) is 8.52. The standard InChI is InChI=1S/C46H33N3S/c1-3-32(29-28-31(2)33-16-7-4-8-17-33)38-24-14-26-40-41-27-15-25-39(43(41)50-42(38)40)36-22-13-23-37(30-36)46-48-44(34-18-9-5-10-19-34)47-45(49-46)35-20-11-6-12-21-35/h3-30H,1H2,2H3/b31-28+,32-29+. The Labute approximate surface area is 296 Å². The average Bonchev–Trinajstić information content (AvgIpc) is 3.58. The Balaban J connectivity index is 1.23. The lowest BCUT2D eigenvalue weighted by molar-refractivity contribution is 1.07. The van der Waals surface area contributed by atoms with Crippen molar-refractivity contribution in [1.29, 1.82) is 0 Å². The summed E-state index contributed by atoms with van der Waals surface area (Å²) in [6, 6.07) is 52.4. The maximum absolute atomic E-state index is 4.98. The zero-order valence-corrected chi connectivity index (χ0v) is 28.4. The minimum atomic E-state index is 0.643. The van der Waals surface area contributed by atoms with E-state index < -0.39 is 0 Å². The summed E-state index contributed by atoms with van der Waals surface area (Å²) >= 11 is 1.83. The lowest BCUT2D eigenvalue weighted by atomic mass is 9.98. The summed E-state index contributed by atoms with van der Waals surface area (Å²) in [6.45, 7) is 6.34. The summed E-state index contributed by atoms with van der Waals surface area (Å²) in [5.74, 6) is 1.95. The van der Waals surface area contributed by atoms with Crippen molar-refractivity contribution in [2.75, 3.05) is 0 Å². The summed E-state index contributed by atoms with van der Waals surface area (Å²) in [5, 5.41) is 2.49. The molecule has 0 aliphatic rings. The molecule has 0 aliphatic heterocycles. The molecule has 238 valence electrons. The molecule has 8 aromatic rings. The minimum Gasteiger partial charge on any atom is -0.208 e. The molecule has 3 nitrogen and oxygen atoms in total. The number of hydrogen-bond acceptors (Lipinski definition) is 4. The van der Waals surface area contributed by atoms with E-state index in [0.717, 1.165) is 27.8 Å². The van der Waals surface area contributed by atoms with E-state index in [-0.39, 0.29) is 0 Å². The Morgan fingerprint density at radius 1 is 0.520 bits per heavy atom. The van der Waals surface area contributed by atoms with E-state index in [1.807, 2.05) is 84.1 Å². The Bertz CT molecular complexity index is 2490. The highest BCUT2D eigenvalue weighted by atomic mass is 32.1. The fourth-order valence-corrected chi connectivity index (χ4v) is 7.69. The smallest absolute Gasteiger partial charge is 0.164 e. The van der Waals surface area contributed by atoms with Crippen LogP contribution in [0.25, 0.3) is 76.6 Å². The molecule has 0 saturated heterocycles. The van der Waals surface area contributed by atoms with Gasteiger partial charge in [-0.25, -0.2) is 15.0 Å². The van der Waals surface area contributed by atoms with Crippen LogP contribution in [0.1, 0.15) is 18.1 Å². The molecule has 0 amide bonds. The quantitative estimate of drug-likeness (QED) is 0.152. The van der Waals surface area contributed by atoms with Gasteiger partial charge in [-0.15, -0.1) is 11.3 Å². The second-order valence-corrected chi connectivity index (χ2v) is 13.1. The Morgan fingerprint density at radius 3 is 1.68 bits per heavy atom. The molecule has 0 atom stereocenters. The maximum Gasteiger partial charge on any atom is 0.164 e. The lowest BCUT2D eigenvalue weighted by Crippen LogP contribution is -2.00. The number of thiophene rings is 1. The average molecular weight is 660 g/mol. The van der Waals surface area contributed by atoms with Gasteiger partial charge in [-0.1, -0.05) is 170 Å². The third-order valence-corrected chi connectivity index (χ3v) is 10.2. The fourth-order valence-electron chi connectivity index (χ4n) is 6.32. The first kappa shape index (κ1) is 31.1. The predicted molar refractivity (Wildman–Crippen MR) is 213 cm³/mol. The van der Waals surface area contributed by atoms with Crippen LogP contribution >= 0.6 is 11.3 Å². The molecule has 0 saturated carbocycles. The van der Waals surface area contributed by atoms with Gasteiger partial charge in [-0.05, 0) is 46.4 Å². The molecule has 0 N–H and O–H groups in total. The Morgan fingerprint density at radius 2 is 1.04 bits per heavy atom. The van der Waals surface area contributed by atoms with Crippen LogP contribution in [-0.2, 0) is 0 Å². The molecule has 2 aromatic heterocycles. The van der Waals surface area contributed by atoms with Crippen molar-refractivity contribution in [1.82, 2.24) is 15.0 Å². The van der Waals surface area contributed by atoms with Crippen molar-refractivity contribution in [2.24, 2.45) is 0 Å². The van der Waals surface area contributed by atoms with Crippen molar-refractivity contribution in [2.45, 2.75) is 6.92 Å². The van der Waals surface area contributed by atoms with Gasteiger partial charge in [-0.2, -0.15) is 0 Å². The summed E-state index contributed by atoms with van der Waals surface area (Å²) in [4.78, 5) is 14.8. The number of allylic oxidation sites excluding steroid dienone is 5. The first-order valence-electron chi connectivity index (χ1n) is 16.6. The van der Waals surface area contributed by atoms with Crippen LogP contribution in [0.3, 0.4) is 0 Å². The second kappa shape index (κ2) is 13.7. The third-order valence-electron chi connectivity index (χ3n) is 8.93. The minimum absolute atomic E-state index is 0.643. The van der Waals surface area contributed by atoms with Crippen molar-refractivity contribution >= 4 is 42.7 Å². The molecule has 0 unspecified atom stereocenters. The van der Waals surface area contributed by atoms with Crippen molar-refractivity contribution in [3.8, 4) is 45.3 Å². The topological polar surface area (TPSA) is 38.7 Å². The van der Waals surface area contributed by atoms with Gasteiger partial charge in [0.1, 0.15) is 0 Å². The van der Waals surface area contributed by atoms with E-state index in [1.165, 1.54) is 42.4 Å². The first-order chi connectivity index (χ1) is 24.7. The molecule has 2 heterocycles. The molecule has 8 rings (SSSR count). The van der Waals surface area contributed by atoms with Crippen LogP contribution in [0, 0.1) is 0 Å². The van der Waals surface area contributed by atoms with Crippen molar-refractivity contribution in [3.05, 3.63) is 188 Å². The number of nitrogens with zero attached hydrogens (tertiary/aromatic N) is 3. The lowest BCUT2D eigenvalue weighted by Gasteiger charge is -2.10. The first-order valence-corrected chi connectivity index (χ1v) is 17.5. The van der Waals surface area contributed by atoms with E-state index in [1.54, 1.807) is 0 Å². The van der Waals surface area contributed by atoms with Gasteiger partial charge in [0.2, 0.25) is 0 Å². The van der Waals surface area contributed by atoms with Gasteiger partial charge in [-0.3, -0.25) is 0 Å². The molecule has 4 heteroatoms. The highest BCUT2D eigenvalue weighted by Crippen LogP contribution is 2.43. The van der Waals surface area contributed by atoms with Gasteiger partial charge in [0.15, 0.2) is 17.5 Å². The van der Waals surface area contributed by atoms with Gasteiger partial charge in [0.05, 0.1) is 0 Å². The van der Waals surface area contributed by atoms with Crippen molar-refractivity contribution in [3.63, 3.8) is 0 Å². The second-order valence-electron chi connectivity index (χ2n) is 12.1. The molecular weight excluding hydrogens is 627 g/mol. The van der Waals surface area contributed by atoms with Crippen LogP contribution < -0.4 is 0 Å². The number of benzene rings is 6. The van der Waals surface area contributed by atoms with Gasteiger partial charge in [0, 0.05) is 36.9 Å². The van der Waals surface area contributed by atoms with Crippen LogP contribution in [0.5, 0.6) is 0 Å². The van der Waals surface area contributed by atoms with Crippen LogP contribution in [-0.4, -0.2) is 15.0 Å². The van der Waals surface area contributed by atoms with Crippen LogP contribution in [0.4, 0.5) is 0 Å². The molecule has 0 fully saturated rings. The number of rotatable bonds is 8. The van der Waals surface area contributed by atoms with E-state index in [2.05, 4.69) is 111 Å². The maximum atomic E-state index is 4.98. The van der Waals surface area contributed by atoms with Gasteiger partial charge >= 0.3 is 0 Å². The van der Waals surface area contributed by atoms with E-state index in [4.69, 9.17) is 15.0 Å². The normalized spacial score (nSPS) is 12.0. The molecule has 0 radical (unpaired) electrons. The summed E-state index contributed by atoms with van der Waals surface area (Å²) in [7, 11) is 0. The molecule has 6 aromatic carbocycles. The summed E-state index contributed by atoms with van der Waals surface area (Å²) < 4.78 is 2.50. The predicted octanol–water partition coefficient (Wildman–Crippen LogP) is 12.6.